The minimum absolute atomic E-state index is 0.190. The third-order valence-electron chi connectivity index (χ3n) is 4.24. The van der Waals surface area contributed by atoms with Gasteiger partial charge in [-0.2, -0.15) is 0 Å². The summed E-state index contributed by atoms with van der Waals surface area (Å²) in [4.78, 5) is 49.7. The van der Waals surface area contributed by atoms with E-state index in [0.717, 1.165) is 16.7 Å². The van der Waals surface area contributed by atoms with Gasteiger partial charge < -0.3 is 14.2 Å². The van der Waals surface area contributed by atoms with Gasteiger partial charge in [-0.3, -0.25) is 19.3 Å². The van der Waals surface area contributed by atoms with E-state index in [4.69, 9.17) is 14.2 Å². The number of thioether (sulfide) groups is 1. The van der Waals surface area contributed by atoms with Gasteiger partial charge in [0, 0.05) is 0 Å². The molecule has 1 fully saturated rings. The quantitative estimate of drug-likeness (QED) is 0.352. The molecule has 0 N–H and O–H groups in total. The van der Waals surface area contributed by atoms with E-state index in [2.05, 4.69) is 0 Å². The Morgan fingerprint density at radius 3 is 2.22 bits per heavy atom. The summed E-state index contributed by atoms with van der Waals surface area (Å²) < 4.78 is 15.4. The van der Waals surface area contributed by atoms with Crippen LogP contribution in [0.5, 0.6) is 11.5 Å². The molecule has 0 atom stereocenters. The summed E-state index contributed by atoms with van der Waals surface area (Å²) in [6.07, 6.45) is 1.20. The van der Waals surface area contributed by atoms with Crippen molar-refractivity contribution in [1.29, 1.82) is 0 Å². The van der Waals surface area contributed by atoms with Gasteiger partial charge in [-0.15, -0.1) is 0 Å². The largest absolute Gasteiger partial charge is 0.497 e. The Bertz CT molecular complexity index is 1060. The average Bonchev–Trinajstić information content (AvgIpc) is 3.02. The maximum atomic E-state index is 12.5. The lowest BCUT2D eigenvalue weighted by atomic mass is 10.2. The first-order valence-corrected chi connectivity index (χ1v) is 10.5. The molecule has 1 saturated heterocycles. The van der Waals surface area contributed by atoms with Crippen molar-refractivity contribution in [2.75, 3.05) is 13.7 Å². The fraction of sp³-hybridized carbons (Fsp3) is 0.217. The van der Waals surface area contributed by atoms with Gasteiger partial charge in [0.1, 0.15) is 18.0 Å². The Balaban J connectivity index is 1.64. The number of carbonyl (C=O) groups is 4. The number of amides is 2. The third kappa shape index (κ3) is 5.76. The van der Waals surface area contributed by atoms with Gasteiger partial charge in [-0.05, 0) is 73.6 Å². The number of ether oxygens (including phenoxy) is 3. The molecule has 0 unspecified atom stereocenters. The fourth-order valence-corrected chi connectivity index (χ4v) is 3.58. The second kappa shape index (κ2) is 10.1. The summed E-state index contributed by atoms with van der Waals surface area (Å²) in [5.74, 6) is -0.767. The Labute approximate surface area is 189 Å². The van der Waals surface area contributed by atoms with Gasteiger partial charge in [0.2, 0.25) is 0 Å². The SMILES string of the molecule is COc1ccc(C(=O)Oc2ccc(/C=C3\SC(=O)N(CC(=O)OC(C)C)C3=O)cc2)cc1. The normalized spacial score (nSPS) is 14.8. The number of nitrogens with zero attached hydrogens (tertiary/aromatic N) is 1. The van der Waals surface area contributed by atoms with E-state index in [1.165, 1.54) is 13.2 Å². The highest BCUT2D eigenvalue weighted by molar-refractivity contribution is 8.18. The fourth-order valence-electron chi connectivity index (χ4n) is 2.74. The van der Waals surface area contributed by atoms with Crippen LogP contribution in [-0.4, -0.2) is 47.7 Å². The van der Waals surface area contributed by atoms with Gasteiger partial charge in [-0.1, -0.05) is 12.1 Å². The second-order valence-corrected chi connectivity index (χ2v) is 7.99. The predicted molar refractivity (Wildman–Crippen MR) is 118 cm³/mol. The van der Waals surface area contributed by atoms with E-state index in [0.29, 0.717) is 22.6 Å². The summed E-state index contributed by atoms with van der Waals surface area (Å²) in [6.45, 7) is 2.94. The number of esters is 2. The molecular weight excluding hydrogens is 434 g/mol. The monoisotopic (exact) mass is 455 g/mol. The summed E-state index contributed by atoms with van der Waals surface area (Å²) in [6, 6.07) is 13.0. The first-order valence-electron chi connectivity index (χ1n) is 9.68. The number of imide groups is 1. The zero-order chi connectivity index (χ0) is 23.3. The summed E-state index contributed by atoms with van der Waals surface area (Å²) in [5, 5.41) is -0.535. The van der Waals surface area contributed by atoms with Crippen molar-refractivity contribution in [2.24, 2.45) is 0 Å². The topological polar surface area (TPSA) is 99.2 Å². The van der Waals surface area contributed by atoms with Crippen molar-refractivity contribution in [3.63, 3.8) is 0 Å². The Kier molecular flexibility index (Phi) is 7.32. The molecule has 1 heterocycles. The van der Waals surface area contributed by atoms with E-state index in [1.807, 2.05) is 0 Å². The maximum Gasteiger partial charge on any atom is 0.343 e. The molecule has 2 aromatic rings. The van der Waals surface area contributed by atoms with E-state index in [1.54, 1.807) is 62.4 Å². The average molecular weight is 455 g/mol. The van der Waals surface area contributed by atoms with Crippen molar-refractivity contribution in [3.05, 3.63) is 64.6 Å². The lowest BCUT2D eigenvalue weighted by molar-refractivity contribution is -0.149. The van der Waals surface area contributed by atoms with Crippen molar-refractivity contribution in [3.8, 4) is 11.5 Å². The minimum Gasteiger partial charge on any atom is -0.497 e. The highest BCUT2D eigenvalue weighted by Crippen LogP contribution is 2.32. The minimum atomic E-state index is -0.647. The van der Waals surface area contributed by atoms with E-state index < -0.39 is 29.6 Å². The third-order valence-corrected chi connectivity index (χ3v) is 5.15. The summed E-state index contributed by atoms with van der Waals surface area (Å²) in [5.41, 5.74) is 1.00. The smallest absolute Gasteiger partial charge is 0.343 e. The van der Waals surface area contributed by atoms with E-state index >= 15 is 0 Å². The standard InChI is InChI=1S/C23H21NO7S/c1-14(2)30-20(25)13-24-21(26)19(32-23(24)28)12-15-4-8-18(9-5-15)31-22(27)16-6-10-17(29-3)11-7-16/h4-12,14H,13H2,1-3H3/b19-12-. The molecule has 1 aliphatic heterocycles. The van der Waals surface area contributed by atoms with Gasteiger partial charge >= 0.3 is 11.9 Å². The Morgan fingerprint density at radius 2 is 1.62 bits per heavy atom. The van der Waals surface area contributed by atoms with Crippen LogP contribution in [0.4, 0.5) is 4.79 Å². The molecule has 32 heavy (non-hydrogen) atoms. The van der Waals surface area contributed by atoms with Crippen molar-refractivity contribution in [2.45, 2.75) is 20.0 Å². The van der Waals surface area contributed by atoms with Crippen molar-refractivity contribution in [1.82, 2.24) is 4.90 Å². The van der Waals surface area contributed by atoms with E-state index in [-0.39, 0.29) is 11.0 Å². The van der Waals surface area contributed by atoms with Crippen LogP contribution in [0.25, 0.3) is 6.08 Å². The van der Waals surface area contributed by atoms with Gasteiger partial charge in [-0.25, -0.2) is 4.79 Å². The lowest BCUT2D eigenvalue weighted by Gasteiger charge is -2.13. The zero-order valence-corrected chi connectivity index (χ0v) is 18.5. The molecule has 2 aromatic carbocycles. The number of benzene rings is 2. The molecule has 2 amide bonds. The molecule has 0 radical (unpaired) electrons. The van der Waals surface area contributed by atoms with Crippen LogP contribution in [0.3, 0.4) is 0 Å². The molecule has 166 valence electrons. The lowest BCUT2D eigenvalue weighted by Crippen LogP contribution is -2.35. The number of hydrogen-bond acceptors (Lipinski definition) is 8. The molecular formula is C23H21NO7S. The molecule has 0 saturated carbocycles. The zero-order valence-electron chi connectivity index (χ0n) is 17.7. The molecule has 0 spiro atoms. The summed E-state index contributed by atoms with van der Waals surface area (Å²) in [7, 11) is 1.54. The van der Waals surface area contributed by atoms with Crippen LogP contribution in [0.1, 0.15) is 29.8 Å². The number of carbonyl (C=O) groups excluding carboxylic acids is 4. The molecule has 1 aliphatic rings. The molecule has 3 rings (SSSR count). The van der Waals surface area contributed by atoms with E-state index in [9.17, 15) is 19.2 Å². The predicted octanol–water partition coefficient (Wildman–Crippen LogP) is 3.90. The first-order chi connectivity index (χ1) is 15.3. The van der Waals surface area contributed by atoms with Crippen LogP contribution in [0.15, 0.2) is 53.4 Å². The summed E-state index contributed by atoms with van der Waals surface area (Å²) >= 11 is 0.748. The Morgan fingerprint density at radius 1 is 1.00 bits per heavy atom. The highest BCUT2D eigenvalue weighted by atomic mass is 32.2. The molecule has 0 bridgehead atoms. The van der Waals surface area contributed by atoms with Crippen LogP contribution in [0, 0.1) is 0 Å². The van der Waals surface area contributed by atoms with Crippen LogP contribution in [-0.2, 0) is 14.3 Å². The van der Waals surface area contributed by atoms with Crippen LogP contribution in [0.2, 0.25) is 0 Å². The van der Waals surface area contributed by atoms with Crippen LogP contribution < -0.4 is 9.47 Å². The maximum absolute atomic E-state index is 12.5. The number of hydrogen-bond donors (Lipinski definition) is 0. The molecule has 9 heteroatoms. The van der Waals surface area contributed by atoms with Crippen molar-refractivity contribution >= 4 is 40.9 Å². The van der Waals surface area contributed by atoms with Gasteiger partial charge in [0.05, 0.1) is 23.7 Å². The molecule has 0 aliphatic carbocycles. The Hall–Kier alpha value is -3.59. The molecule has 0 aromatic heterocycles. The van der Waals surface area contributed by atoms with Crippen LogP contribution >= 0.6 is 11.8 Å². The first kappa shape index (κ1) is 23.1. The number of methoxy groups -OCH3 is 1. The van der Waals surface area contributed by atoms with Crippen molar-refractivity contribution < 1.29 is 33.4 Å². The van der Waals surface area contributed by atoms with Gasteiger partial charge in [0.25, 0.3) is 11.1 Å². The molecule has 8 nitrogen and oxygen atoms in total. The second-order valence-electron chi connectivity index (χ2n) is 6.99. The highest BCUT2D eigenvalue weighted by Gasteiger charge is 2.36. The number of rotatable bonds is 7. The van der Waals surface area contributed by atoms with Gasteiger partial charge in [0.15, 0.2) is 0 Å².